The van der Waals surface area contributed by atoms with Crippen LogP contribution in [0.4, 0.5) is 0 Å². The van der Waals surface area contributed by atoms with E-state index in [-0.39, 0.29) is 10.8 Å². The maximum Gasteiger partial charge on any atom is 0.240 e. The molecular weight excluding hydrogens is 342 g/mol. The third-order valence-corrected chi connectivity index (χ3v) is 5.76. The molecule has 0 aliphatic carbocycles. The highest BCUT2D eigenvalue weighted by atomic mass is 32.2. The highest BCUT2D eigenvalue weighted by Gasteiger charge is 2.23. The summed E-state index contributed by atoms with van der Waals surface area (Å²) in [5, 5.41) is 0. The first kappa shape index (κ1) is 16.2. The Balaban J connectivity index is 1.44. The zero-order valence-corrected chi connectivity index (χ0v) is 14.4. The van der Waals surface area contributed by atoms with E-state index in [1.165, 1.54) is 12.1 Å². The molecule has 0 spiro atoms. The quantitative estimate of drug-likeness (QED) is 0.901. The Bertz CT molecular complexity index is 881. The smallest absolute Gasteiger partial charge is 0.240 e. The number of benzene rings is 2. The number of hydrogen-bond donors (Lipinski definition) is 1. The van der Waals surface area contributed by atoms with Crippen LogP contribution in [0.25, 0.3) is 0 Å². The Hall–Kier alpha value is -2.25. The molecule has 1 N–H and O–H groups in total. The van der Waals surface area contributed by atoms with Crippen LogP contribution in [0.3, 0.4) is 0 Å². The van der Waals surface area contributed by atoms with Crippen LogP contribution in [0.2, 0.25) is 0 Å². The van der Waals surface area contributed by atoms with Crippen LogP contribution in [0.5, 0.6) is 17.2 Å². The van der Waals surface area contributed by atoms with Gasteiger partial charge in [0.25, 0.3) is 0 Å². The van der Waals surface area contributed by atoms with Gasteiger partial charge in [-0.1, -0.05) is 18.2 Å². The summed E-state index contributed by atoms with van der Waals surface area (Å²) in [7, 11) is -3.61. The minimum Gasteiger partial charge on any atom is -0.493 e. The largest absolute Gasteiger partial charge is 0.493 e. The van der Waals surface area contributed by atoms with Gasteiger partial charge in [0, 0.05) is 18.5 Å². The average Bonchev–Trinajstić information content (AvgIpc) is 2.66. The number of nitrogens with one attached hydrogen (secondary N) is 1. The van der Waals surface area contributed by atoms with Crippen LogP contribution in [0.15, 0.2) is 47.4 Å². The van der Waals surface area contributed by atoms with E-state index in [0.717, 1.165) is 17.7 Å². The molecule has 4 rings (SSSR count). The van der Waals surface area contributed by atoms with Gasteiger partial charge in [0.1, 0.15) is 19.0 Å². The Morgan fingerprint density at radius 1 is 0.960 bits per heavy atom. The predicted molar refractivity (Wildman–Crippen MR) is 91.8 cm³/mol. The van der Waals surface area contributed by atoms with Crippen molar-refractivity contribution < 1.29 is 22.6 Å². The molecule has 0 saturated carbocycles. The SMILES string of the molecule is O=S(=O)(NCC1COc2ccccc2C1)c1ccc2c(c1)OCCO2. The molecular formula is C18H19NO5S. The van der Waals surface area contributed by atoms with Crippen LogP contribution in [-0.4, -0.2) is 34.8 Å². The highest BCUT2D eigenvalue weighted by Crippen LogP contribution is 2.32. The van der Waals surface area contributed by atoms with Crippen LogP contribution in [0.1, 0.15) is 5.56 Å². The van der Waals surface area contributed by atoms with Crippen LogP contribution in [0, 0.1) is 5.92 Å². The van der Waals surface area contributed by atoms with E-state index in [2.05, 4.69) is 4.72 Å². The normalized spacial score (nSPS) is 19.0. The van der Waals surface area contributed by atoms with Crippen molar-refractivity contribution in [2.45, 2.75) is 11.3 Å². The van der Waals surface area contributed by atoms with Crippen molar-refractivity contribution in [1.82, 2.24) is 4.72 Å². The number of fused-ring (bicyclic) bond motifs is 2. The zero-order valence-electron chi connectivity index (χ0n) is 13.6. The van der Waals surface area contributed by atoms with Gasteiger partial charge in [0.05, 0.1) is 11.5 Å². The lowest BCUT2D eigenvalue weighted by molar-refractivity contribution is 0.171. The summed E-state index contributed by atoms with van der Waals surface area (Å²) in [5.74, 6) is 2.02. The summed E-state index contributed by atoms with van der Waals surface area (Å²) in [5.41, 5.74) is 1.11. The number of hydrogen-bond acceptors (Lipinski definition) is 5. The first-order chi connectivity index (χ1) is 12.1. The third kappa shape index (κ3) is 3.43. The van der Waals surface area contributed by atoms with Crippen molar-refractivity contribution in [2.24, 2.45) is 5.92 Å². The van der Waals surface area contributed by atoms with Gasteiger partial charge in [-0.25, -0.2) is 13.1 Å². The summed E-state index contributed by atoms with van der Waals surface area (Å²) in [6.45, 7) is 1.72. The molecule has 2 aliphatic heterocycles. The number of para-hydroxylation sites is 1. The van der Waals surface area contributed by atoms with Gasteiger partial charge in [-0.3, -0.25) is 0 Å². The van der Waals surface area contributed by atoms with Crippen molar-refractivity contribution in [3.05, 3.63) is 48.0 Å². The van der Waals surface area contributed by atoms with Gasteiger partial charge < -0.3 is 14.2 Å². The Morgan fingerprint density at radius 2 is 1.76 bits per heavy atom. The van der Waals surface area contributed by atoms with E-state index in [9.17, 15) is 8.42 Å². The highest BCUT2D eigenvalue weighted by molar-refractivity contribution is 7.89. The van der Waals surface area contributed by atoms with E-state index < -0.39 is 10.0 Å². The Labute approximate surface area is 146 Å². The second-order valence-electron chi connectivity index (χ2n) is 6.15. The minimum absolute atomic E-state index is 0.0990. The molecule has 0 amide bonds. The molecule has 2 aromatic rings. The molecule has 2 aliphatic rings. The van der Waals surface area contributed by atoms with Crippen molar-refractivity contribution in [3.8, 4) is 17.2 Å². The van der Waals surface area contributed by atoms with Crippen molar-refractivity contribution >= 4 is 10.0 Å². The maximum absolute atomic E-state index is 12.6. The summed E-state index contributed by atoms with van der Waals surface area (Å²) >= 11 is 0. The topological polar surface area (TPSA) is 73.9 Å². The van der Waals surface area contributed by atoms with E-state index in [1.54, 1.807) is 6.07 Å². The number of sulfonamides is 1. The molecule has 0 aromatic heterocycles. The molecule has 0 saturated heterocycles. The second-order valence-corrected chi connectivity index (χ2v) is 7.91. The Morgan fingerprint density at radius 3 is 2.64 bits per heavy atom. The number of rotatable bonds is 4. The van der Waals surface area contributed by atoms with Gasteiger partial charge in [-0.15, -0.1) is 0 Å². The molecule has 0 fully saturated rings. The minimum atomic E-state index is -3.61. The van der Waals surface area contributed by atoms with Crippen LogP contribution < -0.4 is 18.9 Å². The molecule has 1 atom stereocenters. The fraction of sp³-hybridized carbons (Fsp3) is 0.333. The molecule has 2 aromatic carbocycles. The van der Waals surface area contributed by atoms with Gasteiger partial charge in [-0.2, -0.15) is 0 Å². The Kier molecular flexibility index (Phi) is 4.27. The van der Waals surface area contributed by atoms with Gasteiger partial charge in [-0.05, 0) is 30.2 Å². The molecule has 0 radical (unpaired) electrons. The molecule has 6 nitrogen and oxygen atoms in total. The molecule has 132 valence electrons. The maximum atomic E-state index is 12.6. The average molecular weight is 361 g/mol. The first-order valence-corrected chi connectivity index (χ1v) is 9.70. The van der Waals surface area contributed by atoms with Gasteiger partial charge in [0.2, 0.25) is 10.0 Å². The second kappa shape index (κ2) is 6.57. The lowest BCUT2D eigenvalue weighted by Crippen LogP contribution is -2.34. The van der Waals surface area contributed by atoms with Gasteiger partial charge >= 0.3 is 0 Å². The van der Waals surface area contributed by atoms with E-state index in [0.29, 0.717) is 37.9 Å². The van der Waals surface area contributed by atoms with Crippen LogP contribution >= 0.6 is 0 Å². The lowest BCUT2D eigenvalue weighted by atomic mass is 9.97. The fourth-order valence-corrected chi connectivity index (χ4v) is 4.15. The van der Waals surface area contributed by atoms with E-state index >= 15 is 0 Å². The number of ether oxygens (including phenoxy) is 3. The van der Waals surface area contributed by atoms with Crippen molar-refractivity contribution in [1.29, 1.82) is 0 Å². The molecule has 7 heteroatoms. The lowest BCUT2D eigenvalue weighted by Gasteiger charge is -2.25. The van der Waals surface area contributed by atoms with Crippen LogP contribution in [-0.2, 0) is 16.4 Å². The first-order valence-electron chi connectivity index (χ1n) is 8.22. The third-order valence-electron chi connectivity index (χ3n) is 4.34. The summed E-state index contributed by atoms with van der Waals surface area (Å²) in [6.07, 6.45) is 0.792. The van der Waals surface area contributed by atoms with Gasteiger partial charge in [0.15, 0.2) is 11.5 Å². The molecule has 0 bridgehead atoms. The summed E-state index contributed by atoms with van der Waals surface area (Å²) in [6, 6.07) is 12.5. The van der Waals surface area contributed by atoms with E-state index in [1.807, 2.05) is 24.3 Å². The summed E-state index contributed by atoms with van der Waals surface area (Å²) < 4.78 is 44.4. The monoisotopic (exact) mass is 361 g/mol. The van der Waals surface area contributed by atoms with E-state index in [4.69, 9.17) is 14.2 Å². The predicted octanol–water partition coefficient (Wildman–Crippen LogP) is 1.99. The molecule has 25 heavy (non-hydrogen) atoms. The zero-order chi connectivity index (χ0) is 17.3. The van der Waals surface area contributed by atoms with Crippen molar-refractivity contribution in [2.75, 3.05) is 26.4 Å². The molecule has 2 heterocycles. The fourth-order valence-electron chi connectivity index (χ4n) is 3.02. The standard InChI is InChI=1S/C18H19NO5S/c20-25(21,15-5-6-17-18(10-15)23-8-7-22-17)19-11-13-9-14-3-1-2-4-16(14)24-12-13/h1-6,10,13,19H,7-9,11-12H2. The molecule has 1 unspecified atom stereocenters. The summed E-state index contributed by atoms with van der Waals surface area (Å²) in [4.78, 5) is 0.175. The van der Waals surface area contributed by atoms with Crippen molar-refractivity contribution in [3.63, 3.8) is 0 Å².